The van der Waals surface area contributed by atoms with E-state index < -0.39 is 0 Å². The molecule has 0 aliphatic carbocycles. The van der Waals surface area contributed by atoms with Gasteiger partial charge in [0.25, 0.3) is 5.91 Å². The van der Waals surface area contributed by atoms with Crippen molar-refractivity contribution in [3.8, 4) is 16.9 Å². The van der Waals surface area contributed by atoms with Gasteiger partial charge in [0.1, 0.15) is 5.75 Å². The predicted molar refractivity (Wildman–Crippen MR) is 106 cm³/mol. The lowest BCUT2D eigenvalue weighted by Gasteiger charge is -2.14. The standard InChI is InChI=1S/C19H22N2O2S.ClH/c1-13-17(15-3-5-16(23-2)6-4-15)11-18(24-13)19(22)21-12-14-7-9-20-10-8-14;/h3-7,11,20H,8-10,12H2,1-2H3,(H,21,22);1H. The second kappa shape index (κ2) is 9.04. The average Bonchev–Trinajstić information content (AvgIpc) is 3.02. The maximum absolute atomic E-state index is 12.4. The van der Waals surface area contributed by atoms with Crippen LogP contribution in [0.15, 0.2) is 42.0 Å². The molecule has 0 unspecified atom stereocenters. The molecule has 0 saturated carbocycles. The fraction of sp³-hybridized carbons (Fsp3) is 0.316. The molecule has 2 heterocycles. The van der Waals surface area contributed by atoms with Gasteiger partial charge in [0.2, 0.25) is 0 Å². The zero-order chi connectivity index (χ0) is 16.9. The highest BCUT2D eigenvalue weighted by Crippen LogP contribution is 2.32. The van der Waals surface area contributed by atoms with Gasteiger partial charge < -0.3 is 15.4 Å². The molecule has 0 saturated heterocycles. The van der Waals surface area contributed by atoms with Crippen molar-refractivity contribution in [1.29, 1.82) is 0 Å². The van der Waals surface area contributed by atoms with Crippen molar-refractivity contribution in [2.24, 2.45) is 0 Å². The highest BCUT2D eigenvalue weighted by Gasteiger charge is 2.14. The smallest absolute Gasteiger partial charge is 0.261 e. The van der Waals surface area contributed by atoms with Crippen molar-refractivity contribution in [3.05, 3.63) is 51.7 Å². The van der Waals surface area contributed by atoms with Gasteiger partial charge in [-0.2, -0.15) is 0 Å². The summed E-state index contributed by atoms with van der Waals surface area (Å²) in [6, 6.07) is 9.91. The van der Waals surface area contributed by atoms with Crippen molar-refractivity contribution in [2.45, 2.75) is 13.3 Å². The topological polar surface area (TPSA) is 50.4 Å². The lowest BCUT2D eigenvalue weighted by Crippen LogP contribution is -2.29. The van der Waals surface area contributed by atoms with Crippen molar-refractivity contribution in [2.75, 3.05) is 26.7 Å². The van der Waals surface area contributed by atoms with Crippen molar-refractivity contribution < 1.29 is 9.53 Å². The number of methoxy groups -OCH3 is 1. The first-order valence-corrected chi connectivity index (χ1v) is 8.90. The van der Waals surface area contributed by atoms with Crippen LogP contribution in [0, 0.1) is 6.92 Å². The van der Waals surface area contributed by atoms with E-state index in [0.29, 0.717) is 6.54 Å². The number of carbonyl (C=O) groups is 1. The Hall–Kier alpha value is -1.82. The summed E-state index contributed by atoms with van der Waals surface area (Å²) in [6.07, 6.45) is 3.16. The Labute approximate surface area is 158 Å². The van der Waals surface area contributed by atoms with Gasteiger partial charge in [-0.3, -0.25) is 4.79 Å². The van der Waals surface area contributed by atoms with E-state index in [1.807, 2.05) is 30.3 Å². The largest absolute Gasteiger partial charge is 0.497 e. The normalized spacial score (nSPS) is 13.6. The first kappa shape index (κ1) is 19.5. The van der Waals surface area contributed by atoms with Crippen LogP contribution in [0.4, 0.5) is 0 Å². The van der Waals surface area contributed by atoms with E-state index in [4.69, 9.17) is 4.74 Å². The summed E-state index contributed by atoms with van der Waals surface area (Å²) < 4.78 is 5.20. The van der Waals surface area contributed by atoms with Crippen LogP contribution in [0.5, 0.6) is 5.75 Å². The molecule has 1 aliphatic heterocycles. The summed E-state index contributed by atoms with van der Waals surface area (Å²) in [5, 5.41) is 6.31. The van der Waals surface area contributed by atoms with E-state index in [-0.39, 0.29) is 18.3 Å². The Balaban J connectivity index is 0.00000225. The molecular formula is C19H23ClN2O2S. The van der Waals surface area contributed by atoms with Crippen LogP contribution in [0.3, 0.4) is 0 Å². The number of aryl methyl sites for hydroxylation is 1. The van der Waals surface area contributed by atoms with Gasteiger partial charge >= 0.3 is 0 Å². The molecule has 2 aromatic rings. The van der Waals surface area contributed by atoms with E-state index in [9.17, 15) is 4.79 Å². The first-order valence-electron chi connectivity index (χ1n) is 8.09. The number of hydrogen-bond donors (Lipinski definition) is 2. The van der Waals surface area contributed by atoms with E-state index in [2.05, 4.69) is 23.6 Å². The second-order valence-corrected chi connectivity index (χ2v) is 7.06. The number of amides is 1. The van der Waals surface area contributed by atoms with Crippen LogP contribution in [0.25, 0.3) is 11.1 Å². The Kier molecular flexibility index (Phi) is 7.05. The number of benzene rings is 1. The molecule has 134 valence electrons. The number of rotatable bonds is 5. The lowest BCUT2D eigenvalue weighted by atomic mass is 10.1. The highest BCUT2D eigenvalue weighted by molar-refractivity contribution is 7.14. The van der Waals surface area contributed by atoms with Crippen LogP contribution in [0.2, 0.25) is 0 Å². The molecule has 4 nitrogen and oxygen atoms in total. The molecule has 0 bridgehead atoms. The van der Waals surface area contributed by atoms with Gasteiger partial charge in [-0.1, -0.05) is 23.8 Å². The van der Waals surface area contributed by atoms with Gasteiger partial charge in [-0.05, 0) is 49.2 Å². The molecule has 1 aromatic carbocycles. The van der Waals surface area contributed by atoms with Crippen LogP contribution in [-0.4, -0.2) is 32.7 Å². The Morgan fingerprint density at radius 3 is 2.72 bits per heavy atom. The summed E-state index contributed by atoms with van der Waals surface area (Å²) in [6.45, 7) is 4.57. The van der Waals surface area contributed by atoms with Gasteiger partial charge in [0.05, 0.1) is 12.0 Å². The molecule has 3 rings (SSSR count). The van der Waals surface area contributed by atoms with E-state index >= 15 is 0 Å². The molecule has 1 amide bonds. The van der Waals surface area contributed by atoms with E-state index in [1.54, 1.807) is 7.11 Å². The summed E-state index contributed by atoms with van der Waals surface area (Å²) >= 11 is 1.54. The number of hydrogen-bond acceptors (Lipinski definition) is 4. The fourth-order valence-corrected chi connectivity index (χ4v) is 3.72. The summed E-state index contributed by atoms with van der Waals surface area (Å²) in [4.78, 5) is 14.3. The summed E-state index contributed by atoms with van der Waals surface area (Å²) in [5.74, 6) is 0.835. The molecule has 0 spiro atoms. The van der Waals surface area contributed by atoms with Crippen LogP contribution in [-0.2, 0) is 0 Å². The SMILES string of the molecule is COc1ccc(-c2cc(C(=O)NCC3=CCNCC3)sc2C)cc1.Cl. The lowest BCUT2D eigenvalue weighted by molar-refractivity contribution is 0.0960. The third kappa shape index (κ3) is 4.84. The minimum atomic E-state index is 0. The van der Waals surface area contributed by atoms with Crippen LogP contribution < -0.4 is 15.4 Å². The minimum absolute atomic E-state index is 0. The van der Waals surface area contributed by atoms with Gasteiger partial charge in [-0.25, -0.2) is 0 Å². The molecule has 0 radical (unpaired) electrons. The van der Waals surface area contributed by atoms with Crippen molar-refractivity contribution >= 4 is 29.7 Å². The molecule has 25 heavy (non-hydrogen) atoms. The highest BCUT2D eigenvalue weighted by atomic mass is 35.5. The number of nitrogens with one attached hydrogen (secondary N) is 2. The van der Waals surface area contributed by atoms with Crippen molar-refractivity contribution in [1.82, 2.24) is 10.6 Å². The second-order valence-electron chi connectivity index (χ2n) is 5.81. The van der Waals surface area contributed by atoms with Crippen LogP contribution in [0.1, 0.15) is 21.0 Å². The molecule has 0 atom stereocenters. The first-order chi connectivity index (χ1) is 11.7. The monoisotopic (exact) mass is 378 g/mol. The average molecular weight is 379 g/mol. The van der Waals surface area contributed by atoms with E-state index in [1.165, 1.54) is 16.9 Å². The number of ether oxygens (including phenoxy) is 1. The summed E-state index contributed by atoms with van der Waals surface area (Å²) in [5.41, 5.74) is 3.50. The molecule has 1 aromatic heterocycles. The third-order valence-corrected chi connectivity index (χ3v) is 5.23. The summed E-state index contributed by atoms with van der Waals surface area (Å²) in [7, 11) is 1.66. The van der Waals surface area contributed by atoms with Gasteiger partial charge in [0.15, 0.2) is 0 Å². The Morgan fingerprint density at radius 1 is 1.32 bits per heavy atom. The zero-order valence-electron chi connectivity index (χ0n) is 14.4. The quantitative estimate of drug-likeness (QED) is 0.778. The maximum atomic E-state index is 12.4. The fourth-order valence-electron chi connectivity index (χ4n) is 2.76. The molecular weight excluding hydrogens is 356 g/mol. The Morgan fingerprint density at radius 2 is 2.08 bits per heavy atom. The van der Waals surface area contributed by atoms with E-state index in [0.717, 1.165) is 46.1 Å². The molecule has 6 heteroatoms. The number of halogens is 1. The van der Waals surface area contributed by atoms with Gasteiger partial charge in [-0.15, -0.1) is 23.7 Å². The molecule has 2 N–H and O–H groups in total. The predicted octanol–water partition coefficient (Wildman–Crippen LogP) is 3.80. The Bertz CT molecular complexity index is 753. The van der Waals surface area contributed by atoms with Gasteiger partial charge in [0, 0.05) is 18.0 Å². The van der Waals surface area contributed by atoms with Crippen molar-refractivity contribution in [3.63, 3.8) is 0 Å². The number of carbonyl (C=O) groups excluding carboxylic acids is 1. The zero-order valence-corrected chi connectivity index (χ0v) is 16.1. The number of thiophene rings is 1. The van der Waals surface area contributed by atoms with Crippen LogP contribution >= 0.6 is 23.7 Å². The maximum Gasteiger partial charge on any atom is 0.261 e. The molecule has 0 fully saturated rings. The molecule has 1 aliphatic rings. The minimum Gasteiger partial charge on any atom is -0.497 e. The third-order valence-electron chi connectivity index (χ3n) is 4.18.